The van der Waals surface area contributed by atoms with E-state index in [9.17, 15) is 0 Å². The second-order valence-corrected chi connectivity index (χ2v) is 4.98. The highest BCUT2D eigenvalue weighted by atomic mass is 35.5. The van der Waals surface area contributed by atoms with E-state index in [4.69, 9.17) is 0 Å². The Labute approximate surface area is 136 Å². The molecule has 0 spiro atoms. The Kier molecular flexibility index (Phi) is 13.7. The van der Waals surface area contributed by atoms with Crippen LogP contribution in [0.1, 0.15) is 45.7 Å². The molecular weight excluding hydrogens is 295 g/mol. The van der Waals surface area contributed by atoms with Gasteiger partial charge in [-0.05, 0) is 46.4 Å². The Morgan fingerprint density at radius 1 is 1.25 bits per heavy atom. The van der Waals surface area contributed by atoms with Gasteiger partial charge in [-0.2, -0.15) is 5.10 Å². The van der Waals surface area contributed by atoms with Crippen LogP contribution in [0, 0.1) is 0 Å². The summed E-state index contributed by atoms with van der Waals surface area (Å²) in [5.74, 6) is 0. The highest BCUT2D eigenvalue weighted by Crippen LogP contribution is 2.04. The van der Waals surface area contributed by atoms with Crippen LogP contribution in [0.15, 0.2) is 12.4 Å². The van der Waals surface area contributed by atoms with Crippen LogP contribution >= 0.6 is 24.8 Å². The van der Waals surface area contributed by atoms with Crippen molar-refractivity contribution >= 4 is 24.8 Å². The molecule has 0 amide bonds. The maximum absolute atomic E-state index is 4.34. The summed E-state index contributed by atoms with van der Waals surface area (Å²) < 4.78 is 2.01. The van der Waals surface area contributed by atoms with Gasteiger partial charge in [-0.25, -0.2) is 0 Å². The number of aromatic nitrogens is 2. The molecule has 120 valence electrons. The van der Waals surface area contributed by atoms with Crippen molar-refractivity contribution in [2.75, 3.05) is 26.2 Å². The van der Waals surface area contributed by atoms with Gasteiger partial charge < -0.3 is 10.2 Å². The van der Waals surface area contributed by atoms with Gasteiger partial charge in [-0.15, -0.1) is 24.8 Å². The van der Waals surface area contributed by atoms with E-state index in [1.807, 2.05) is 10.9 Å². The predicted octanol–water partition coefficient (Wildman–Crippen LogP) is 3.13. The lowest BCUT2D eigenvalue weighted by Crippen LogP contribution is -2.27. The number of rotatable bonds is 9. The van der Waals surface area contributed by atoms with Crippen molar-refractivity contribution in [3.05, 3.63) is 18.0 Å². The second kappa shape index (κ2) is 12.5. The molecule has 1 rings (SSSR count). The average molecular weight is 325 g/mol. The first-order valence-electron chi connectivity index (χ1n) is 7.13. The van der Waals surface area contributed by atoms with Crippen LogP contribution in [0.5, 0.6) is 0 Å². The number of hydrogen-bond donors (Lipinski definition) is 1. The number of hydrogen-bond acceptors (Lipinski definition) is 3. The Morgan fingerprint density at radius 3 is 2.40 bits per heavy atom. The van der Waals surface area contributed by atoms with Crippen molar-refractivity contribution in [2.45, 2.75) is 46.7 Å². The fraction of sp³-hybridized carbons (Fsp3) is 0.786. The van der Waals surface area contributed by atoms with E-state index in [0.717, 1.165) is 26.2 Å². The normalized spacial score (nSPS) is 10.5. The number of halogens is 2. The largest absolute Gasteiger partial charge is 0.313 e. The lowest BCUT2D eigenvalue weighted by molar-refractivity contribution is 0.298. The number of nitrogens with one attached hydrogen (secondary N) is 1. The van der Waals surface area contributed by atoms with Crippen LogP contribution in [0.4, 0.5) is 0 Å². The van der Waals surface area contributed by atoms with Crippen LogP contribution in [0.3, 0.4) is 0 Å². The van der Waals surface area contributed by atoms with E-state index in [1.165, 1.54) is 18.5 Å². The van der Waals surface area contributed by atoms with E-state index < -0.39 is 0 Å². The van der Waals surface area contributed by atoms with E-state index in [2.05, 4.69) is 49.2 Å². The maximum Gasteiger partial charge on any atom is 0.0534 e. The predicted molar refractivity (Wildman–Crippen MR) is 91.2 cm³/mol. The number of nitrogens with zero attached hydrogens (tertiary/aromatic N) is 3. The molecule has 1 heterocycles. The summed E-state index contributed by atoms with van der Waals surface area (Å²) in [7, 11) is 0. The molecule has 0 unspecified atom stereocenters. The maximum atomic E-state index is 4.34. The van der Waals surface area contributed by atoms with Crippen LogP contribution < -0.4 is 5.32 Å². The first-order chi connectivity index (χ1) is 8.67. The smallest absolute Gasteiger partial charge is 0.0534 e. The standard InChI is InChI=1S/C14H28N4.2ClH/c1-5-17(6-2)9-7-8-15-10-14-11-16-18(12-14)13(3)4;;/h11-13,15H,5-10H2,1-4H3;2*1H. The van der Waals surface area contributed by atoms with Gasteiger partial charge in [0.25, 0.3) is 0 Å². The summed E-state index contributed by atoms with van der Waals surface area (Å²) in [5, 5.41) is 7.82. The first-order valence-corrected chi connectivity index (χ1v) is 7.13. The quantitative estimate of drug-likeness (QED) is 0.708. The molecule has 0 aliphatic rings. The lowest BCUT2D eigenvalue weighted by atomic mass is 10.3. The summed E-state index contributed by atoms with van der Waals surface area (Å²) in [6.45, 7) is 14.2. The Bertz CT molecular complexity index is 325. The molecule has 0 atom stereocenters. The van der Waals surface area contributed by atoms with Gasteiger partial charge in [-0.1, -0.05) is 13.8 Å². The van der Waals surface area contributed by atoms with Crippen molar-refractivity contribution in [3.63, 3.8) is 0 Å². The van der Waals surface area contributed by atoms with Crippen molar-refractivity contribution in [1.29, 1.82) is 0 Å². The molecule has 4 nitrogen and oxygen atoms in total. The van der Waals surface area contributed by atoms with Gasteiger partial charge in [-0.3, -0.25) is 4.68 Å². The molecule has 1 aromatic rings. The minimum Gasteiger partial charge on any atom is -0.313 e. The van der Waals surface area contributed by atoms with E-state index in [1.54, 1.807) is 0 Å². The van der Waals surface area contributed by atoms with Crippen LogP contribution in [0.2, 0.25) is 0 Å². The van der Waals surface area contributed by atoms with Crippen molar-refractivity contribution in [3.8, 4) is 0 Å². The highest BCUT2D eigenvalue weighted by molar-refractivity contribution is 5.85. The molecule has 0 aliphatic carbocycles. The Hall–Kier alpha value is -0.290. The molecule has 1 aromatic heterocycles. The summed E-state index contributed by atoms with van der Waals surface area (Å²) in [4.78, 5) is 2.46. The van der Waals surface area contributed by atoms with Gasteiger partial charge in [0, 0.05) is 24.3 Å². The monoisotopic (exact) mass is 324 g/mol. The summed E-state index contributed by atoms with van der Waals surface area (Å²) in [5.41, 5.74) is 1.27. The summed E-state index contributed by atoms with van der Waals surface area (Å²) >= 11 is 0. The molecule has 1 N–H and O–H groups in total. The average Bonchev–Trinajstić information content (AvgIpc) is 2.83. The molecular formula is C14H30Cl2N4. The van der Waals surface area contributed by atoms with Gasteiger partial charge in [0.15, 0.2) is 0 Å². The molecule has 0 fully saturated rings. The topological polar surface area (TPSA) is 33.1 Å². The molecule has 0 aromatic carbocycles. The van der Waals surface area contributed by atoms with E-state index in [-0.39, 0.29) is 24.8 Å². The van der Waals surface area contributed by atoms with E-state index >= 15 is 0 Å². The fourth-order valence-electron chi connectivity index (χ4n) is 1.95. The molecule has 6 heteroatoms. The minimum absolute atomic E-state index is 0. The molecule has 0 saturated carbocycles. The zero-order valence-electron chi connectivity index (χ0n) is 13.1. The van der Waals surface area contributed by atoms with Crippen LogP contribution in [-0.4, -0.2) is 40.9 Å². The van der Waals surface area contributed by atoms with Gasteiger partial charge in [0.1, 0.15) is 0 Å². The Balaban J connectivity index is 0. The zero-order chi connectivity index (χ0) is 13.4. The lowest BCUT2D eigenvalue weighted by Gasteiger charge is -2.17. The van der Waals surface area contributed by atoms with Crippen LogP contribution in [-0.2, 0) is 6.54 Å². The third-order valence-electron chi connectivity index (χ3n) is 3.24. The molecule has 0 saturated heterocycles. The Morgan fingerprint density at radius 2 is 1.90 bits per heavy atom. The molecule has 0 aliphatic heterocycles. The van der Waals surface area contributed by atoms with Crippen molar-refractivity contribution in [2.24, 2.45) is 0 Å². The summed E-state index contributed by atoms with van der Waals surface area (Å²) in [6.07, 6.45) is 5.29. The minimum atomic E-state index is 0. The molecule has 20 heavy (non-hydrogen) atoms. The van der Waals surface area contributed by atoms with Gasteiger partial charge in [0.05, 0.1) is 6.20 Å². The molecule has 0 bridgehead atoms. The second-order valence-electron chi connectivity index (χ2n) is 4.98. The third kappa shape index (κ3) is 8.10. The van der Waals surface area contributed by atoms with Gasteiger partial charge in [0.2, 0.25) is 0 Å². The molecule has 0 radical (unpaired) electrons. The zero-order valence-corrected chi connectivity index (χ0v) is 14.8. The van der Waals surface area contributed by atoms with E-state index in [0.29, 0.717) is 6.04 Å². The third-order valence-corrected chi connectivity index (χ3v) is 3.24. The SMILES string of the molecule is CCN(CC)CCCNCc1cnn(C(C)C)c1.Cl.Cl. The summed E-state index contributed by atoms with van der Waals surface area (Å²) in [6, 6.07) is 0.446. The van der Waals surface area contributed by atoms with Crippen molar-refractivity contribution in [1.82, 2.24) is 20.0 Å². The highest BCUT2D eigenvalue weighted by Gasteiger charge is 2.01. The first kappa shape index (κ1) is 22.0. The fourth-order valence-corrected chi connectivity index (χ4v) is 1.95. The van der Waals surface area contributed by atoms with Crippen molar-refractivity contribution < 1.29 is 0 Å². The van der Waals surface area contributed by atoms with Crippen LogP contribution in [0.25, 0.3) is 0 Å². The van der Waals surface area contributed by atoms with Gasteiger partial charge >= 0.3 is 0 Å².